The summed E-state index contributed by atoms with van der Waals surface area (Å²) in [6.07, 6.45) is 1.64. The fourth-order valence-corrected chi connectivity index (χ4v) is 2.99. The molecule has 1 N–H and O–H groups in total. The van der Waals surface area contributed by atoms with Gasteiger partial charge in [0.05, 0.1) is 10.0 Å². The van der Waals surface area contributed by atoms with Crippen LogP contribution in [0, 0.1) is 0 Å². The van der Waals surface area contributed by atoms with Crippen LogP contribution in [0.15, 0.2) is 24.4 Å². The van der Waals surface area contributed by atoms with Crippen molar-refractivity contribution in [3.8, 4) is 5.75 Å². The van der Waals surface area contributed by atoms with Gasteiger partial charge in [-0.25, -0.2) is 0 Å². The Morgan fingerprint density at radius 2 is 2.09 bits per heavy atom. The molecule has 116 valence electrons. The standard InChI is InChI=1S/C15H15Cl2N3O2/c16-11-8-12(17)15(14-10(11)2-1-3-19-14)22-9-13(21)20-6-4-18-5-7-20/h1-3,8,18H,4-7,9H2. The van der Waals surface area contributed by atoms with Crippen LogP contribution in [0.25, 0.3) is 10.9 Å². The average molecular weight is 340 g/mol. The highest BCUT2D eigenvalue weighted by molar-refractivity contribution is 6.39. The Kier molecular flexibility index (Phi) is 4.66. The van der Waals surface area contributed by atoms with E-state index in [9.17, 15) is 4.79 Å². The van der Waals surface area contributed by atoms with Gasteiger partial charge in [0, 0.05) is 37.8 Å². The molecule has 1 fully saturated rings. The summed E-state index contributed by atoms with van der Waals surface area (Å²) in [4.78, 5) is 18.2. The summed E-state index contributed by atoms with van der Waals surface area (Å²) in [5.74, 6) is 0.335. The van der Waals surface area contributed by atoms with Gasteiger partial charge >= 0.3 is 0 Å². The van der Waals surface area contributed by atoms with Crippen molar-refractivity contribution in [3.05, 3.63) is 34.4 Å². The van der Waals surface area contributed by atoms with E-state index in [1.165, 1.54) is 0 Å². The van der Waals surface area contributed by atoms with Crippen LogP contribution in [0.1, 0.15) is 0 Å². The van der Waals surface area contributed by atoms with Gasteiger partial charge in [-0.2, -0.15) is 0 Å². The maximum atomic E-state index is 12.2. The molecule has 0 atom stereocenters. The highest BCUT2D eigenvalue weighted by atomic mass is 35.5. The number of hydrogen-bond acceptors (Lipinski definition) is 4. The molecular weight excluding hydrogens is 325 g/mol. The number of benzene rings is 1. The first-order valence-electron chi connectivity index (χ1n) is 7.01. The number of fused-ring (bicyclic) bond motifs is 1. The molecule has 1 amide bonds. The predicted molar refractivity (Wildman–Crippen MR) is 86.7 cm³/mol. The summed E-state index contributed by atoms with van der Waals surface area (Å²) in [6.45, 7) is 2.92. The molecule has 3 rings (SSSR count). The number of halogens is 2. The predicted octanol–water partition coefficient (Wildman–Crippen LogP) is 2.35. The molecule has 1 aliphatic rings. The molecule has 0 unspecified atom stereocenters. The number of hydrogen-bond donors (Lipinski definition) is 1. The van der Waals surface area contributed by atoms with E-state index in [-0.39, 0.29) is 12.5 Å². The molecule has 0 spiro atoms. The van der Waals surface area contributed by atoms with Crippen molar-refractivity contribution in [1.82, 2.24) is 15.2 Å². The molecule has 22 heavy (non-hydrogen) atoms. The Morgan fingerprint density at radius 3 is 2.86 bits per heavy atom. The van der Waals surface area contributed by atoms with Crippen molar-refractivity contribution < 1.29 is 9.53 Å². The Morgan fingerprint density at radius 1 is 1.32 bits per heavy atom. The number of piperazine rings is 1. The van der Waals surface area contributed by atoms with E-state index in [1.54, 1.807) is 23.2 Å². The van der Waals surface area contributed by atoms with E-state index in [1.807, 2.05) is 6.07 Å². The van der Waals surface area contributed by atoms with Gasteiger partial charge in [0.2, 0.25) is 0 Å². The fraction of sp³-hybridized carbons (Fsp3) is 0.333. The number of carbonyl (C=O) groups is 1. The van der Waals surface area contributed by atoms with E-state index >= 15 is 0 Å². The molecule has 1 aliphatic heterocycles. The van der Waals surface area contributed by atoms with Crippen LogP contribution in [-0.4, -0.2) is 48.6 Å². The Balaban J connectivity index is 1.80. The topological polar surface area (TPSA) is 54.5 Å². The van der Waals surface area contributed by atoms with E-state index < -0.39 is 0 Å². The molecular formula is C15H15Cl2N3O2. The van der Waals surface area contributed by atoms with Crippen LogP contribution in [-0.2, 0) is 4.79 Å². The minimum absolute atomic E-state index is 0.0587. The zero-order valence-corrected chi connectivity index (χ0v) is 13.3. The van der Waals surface area contributed by atoms with Gasteiger partial charge in [0.25, 0.3) is 5.91 Å². The Hall–Kier alpha value is -1.56. The first kappa shape index (κ1) is 15.3. The Labute approximate surface area is 138 Å². The summed E-state index contributed by atoms with van der Waals surface area (Å²) >= 11 is 12.4. The van der Waals surface area contributed by atoms with Gasteiger partial charge in [0.15, 0.2) is 12.4 Å². The van der Waals surface area contributed by atoms with Gasteiger partial charge in [-0.3, -0.25) is 9.78 Å². The number of carbonyl (C=O) groups excluding carboxylic acids is 1. The molecule has 0 bridgehead atoms. The fourth-order valence-electron chi connectivity index (χ4n) is 2.42. The van der Waals surface area contributed by atoms with Gasteiger partial charge in [-0.15, -0.1) is 0 Å². The van der Waals surface area contributed by atoms with E-state index in [0.717, 1.165) is 18.5 Å². The molecule has 5 nitrogen and oxygen atoms in total. The van der Waals surface area contributed by atoms with Crippen molar-refractivity contribution in [1.29, 1.82) is 0 Å². The van der Waals surface area contributed by atoms with Crippen LogP contribution in [0.4, 0.5) is 0 Å². The van der Waals surface area contributed by atoms with E-state index in [2.05, 4.69) is 10.3 Å². The summed E-state index contributed by atoms with van der Waals surface area (Å²) in [5, 5.41) is 4.81. The van der Waals surface area contributed by atoms with Crippen molar-refractivity contribution >= 4 is 40.0 Å². The van der Waals surface area contributed by atoms with Crippen LogP contribution >= 0.6 is 23.2 Å². The van der Waals surface area contributed by atoms with Crippen molar-refractivity contribution in [2.24, 2.45) is 0 Å². The molecule has 1 aromatic carbocycles. The zero-order valence-electron chi connectivity index (χ0n) is 11.8. The molecule has 0 radical (unpaired) electrons. The lowest BCUT2D eigenvalue weighted by Gasteiger charge is -2.27. The highest BCUT2D eigenvalue weighted by Gasteiger charge is 2.18. The minimum Gasteiger partial charge on any atom is -0.480 e. The summed E-state index contributed by atoms with van der Waals surface area (Å²) in [7, 11) is 0. The number of aromatic nitrogens is 1. The molecule has 1 saturated heterocycles. The number of amides is 1. The molecule has 2 heterocycles. The average Bonchev–Trinajstić information content (AvgIpc) is 2.55. The van der Waals surface area contributed by atoms with Crippen molar-refractivity contribution in [3.63, 3.8) is 0 Å². The monoisotopic (exact) mass is 339 g/mol. The minimum atomic E-state index is -0.0625. The van der Waals surface area contributed by atoms with Gasteiger partial charge in [0.1, 0.15) is 5.52 Å². The number of ether oxygens (including phenoxy) is 1. The largest absolute Gasteiger partial charge is 0.480 e. The molecule has 7 heteroatoms. The summed E-state index contributed by atoms with van der Waals surface area (Å²) in [5.41, 5.74) is 0.563. The lowest BCUT2D eigenvalue weighted by atomic mass is 10.2. The maximum Gasteiger partial charge on any atom is 0.260 e. The van der Waals surface area contributed by atoms with Gasteiger partial charge < -0.3 is 15.0 Å². The summed E-state index contributed by atoms with van der Waals surface area (Å²) < 4.78 is 5.66. The van der Waals surface area contributed by atoms with Crippen molar-refractivity contribution in [2.75, 3.05) is 32.8 Å². The second-order valence-corrected chi connectivity index (χ2v) is 5.80. The lowest BCUT2D eigenvalue weighted by molar-refractivity contribution is -0.133. The first-order valence-corrected chi connectivity index (χ1v) is 7.76. The maximum absolute atomic E-state index is 12.2. The third-order valence-corrected chi connectivity index (χ3v) is 4.15. The number of nitrogens with zero attached hydrogens (tertiary/aromatic N) is 2. The molecule has 1 aromatic heterocycles. The van der Waals surface area contributed by atoms with Crippen molar-refractivity contribution in [2.45, 2.75) is 0 Å². The highest BCUT2D eigenvalue weighted by Crippen LogP contribution is 2.36. The van der Waals surface area contributed by atoms with Crippen LogP contribution < -0.4 is 10.1 Å². The number of nitrogens with one attached hydrogen (secondary N) is 1. The zero-order chi connectivity index (χ0) is 15.5. The second kappa shape index (κ2) is 6.69. The normalized spacial score (nSPS) is 15.1. The molecule has 2 aromatic rings. The van der Waals surface area contributed by atoms with Gasteiger partial charge in [-0.05, 0) is 18.2 Å². The third-order valence-electron chi connectivity index (χ3n) is 3.56. The number of pyridine rings is 1. The second-order valence-electron chi connectivity index (χ2n) is 4.99. The van der Waals surface area contributed by atoms with Crippen LogP contribution in [0.3, 0.4) is 0 Å². The lowest BCUT2D eigenvalue weighted by Crippen LogP contribution is -2.47. The van der Waals surface area contributed by atoms with Crippen LogP contribution in [0.5, 0.6) is 5.75 Å². The number of rotatable bonds is 3. The smallest absolute Gasteiger partial charge is 0.260 e. The van der Waals surface area contributed by atoms with Gasteiger partial charge in [-0.1, -0.05) is 23.2 Å². The SMILES string of the molecule is O=C(COc1c(Cl)cc(Cl)c2cccnc12)N1CCNCC1. The third kappa shape index (κ3) is 3.11. The Bertz CT molecular complexity index is 702. The van der Waals surface area contributed by atoms with E-state index in [4.69, 9.17) is 27.9 Å². The molecule has 0 aliphatic carbocycles. The summed E-state index contributed by atoms with van der Waals surface area (Å²) in [6, 6.07) is 5.24. The first-order chi connectivity index (χ1) is 10.7. The van der Waals surface area contributed by atoms with Crippen LogP contribution in [0.2, 0.25) is 10.0 Å². The van der Waals surface area contributed by atoms with E-state index in [0.29, 0.717) is 34.4 Å². The quantitative estimate of drug-likeness (QED) is 0.932. The molecule has 0 saturated carbocycles.